The number of ether oxygens (including phenoxy) is 4. The normalized spacial score (nSPS) is 26.1. The van der Waals surface area contributed by atoms with E-state index in [1.165, 1.54) is 106 Å². The first-order valence-corrected chi connectivity index (χ1v) is 42.6. The quantitative estimate of drug-likeness (QED) is 0.0438. The van der Waals surface area contributed by atoms with Crippen molar-refractivity contribution in [2.45, 2.75) is 354 Å². The van der Waals surface area contributed by atoms with Crippen molar-refractivity contribution in [1.82, 2.24) is 0 Å². The van der Waals surface area contributed by atoms with Gasteiger partial charge in [0, 0.05) is 0 Å². The molecule has 7 fully saturated rings. The van der Waals surface area contributed by atoms with Crippen LogP contribution < -0.4 is 0 Å². The number of methoxy groups -OCH3 is 1. The van der Waals surface area contributed by atoms with Crippen LogP contribution in [0.3, 0.4) is 0 Å². The van der Waals surface area contributed by atoms with E-state index in [0.29, 0.717) is 75.8 Å². The van der Waals surface area contributed by atoms with Crippen molar-refractivity contribution in [3.8, 4) is 23.0 Å². The summed E-state index contributed by atoms with van der Waals surface area (Å²) >= 11 is 0. The number of fused-ring (bicyclic) bond motifs is 7. The Morgan fingerprint density at radius 1 is 0.435 bits per heavy atom. The third kappa shape index (κ3) is 28.3. The highest BCUT2D eigenvalue weighted by Gasteiger charge is 2.61. The molecule has 0 aromatic heterocycles. The first-order valence-electron chi connectivity index (χ1n) is 42.6. The van der Waals surface area contributed by atoms with E-state index in [1.54, 1.807) is 42.5 Å². The minimum atomic E-state index is -0.311. The lowest BCUT2D eigenvalue weighted by Gasteiger charge is -2.61. The molecule has 7 saturated carbocycles. The molecule has 0 spiro atoms. The summed E-state index contributed by atoms with van der Waals surface area (Å²) in [6.45, 7) is 41.9. The van der Waals surface area contributed by atoms with Crippen molar-refractivity contribution in [2.75, 3.05) is 7.11 Å². The summed E-state index contributed by atoms with van der Waals surface area (Å²) in [5, 5.41) is 47.3. The van der Waals surface area contributed by atoms with Gasteiger partial charge in [-0.2, -0.15) is 0 Å². The highest BCUT2D eigenvalue weighted by atomic mass is 16.6. The lowest BCUT2D eigenvalue weighted by molar-refractivity contribution is -0.175. The van der Waals surface area contributed by atoms with Crippen LogP contribution in [0.5, 0.6) is 23.0 Å². The van der Waals surface area contributed by atoms with Gasteiger partial charge in [0.25, 0.3) is 0 Å². The summed E-state index contributed by atoms with van der Waals surface area (Å²) in [6.07, 6.45) is 30.1. The molecule has 11 rings (SSSR count). The third-order valence-electron chi connectivity index (χ3n) is 27.0. The number of hydrogen-bond donors (Lipinski definition) is 5. The van der Waals surface area contributed by atoms with Crippen molar-refractivity contribution >= 4 is 23.9 Å². The molecule has 0 aliphatic heterocycles. The fraction of sp³-hybridized carbons (Fsp3) is 0.705. The van der Waals surface area contributed by atoms with Gasteiger partial charge in [0.15, 0.2) is 0 Å². The highest BCUT2D eigenvalue weighted by molar-refractivity contribution is 5.76. The second kappa shape index (κ2) is 46.0. The van der Waals surface area contributed by atoms with Crippen LogP contribution in [-0.4, -0.2) is 80.9 Å². The zero-order valence-electron chi connectivity index (χ0n) is 71.4. The molecule has 13 heteroatoms. The molecule has 610 valence electrons. The van der Waals surface area contributed by atoms with Crippen LogP contribution >= 0.6 is 0 Å². The van der Waals surface area contributed by atoms with E-state index in [1.807, 2.05) is 117 Å². The monoisotopic (exact) mass is 1500 g/mol. The number of rotatable bonds is 19. The second-order valence-corrected chi connectivity index (χ2v) is 35.1. The number of phenols is 4. The average Bonchev–Trinajstić information content (AvgIpc) is 1.43. The van der Waals surface area contributed by atoms with Gasteiger partial charge in [-0.3, -0.25) is 19.2 Å². The third-order valence-corrected chi connectivity index (χ3v) is 27.0. The van der Waals surface area contributed by atoms with Gasteiger partial charge in [0.1, 0.15) is 41.3 Å². The number of aliphatic hydroxyl groups excluding tert-OH is 1. The number of aliphatic hydroxyl groups is 1. The van der Waals surface area contributed by atoms with Gasteiger partial charge in [0.2, 0.25) is 0 Å². The van der Waals surface area contributed by atoms with Crippen molar-refractivity contribution in [1.29, 1.82) is 0 Å². The standard InChI is InChI=1S/C24H40O3.C13H22O2.C11H20O2.4C10H14O.C7H14O2/c1-5-15(2)22(26)27-17-10-12-23(3)16(13-17)8-9-18-19-7-6-11-24(19,4)21(25)14-20(18)23;1-4-13(2,3)12(14)15-11-9-5-6-10(11)8-7-9;1-3-9(2)11(12)13-10-7-5-4-6-8-10;3*1-3-8(2)9-4-6-10(11)7-5-9;1-3-8(2)9-5-4-6-10(11)7-9;1-5-7(2,3)6(8)9-4/h15-21,25H,5-14H2,1-4H3;9-11H,4-8H2,1-3H3;9-10H,3-8H2,1-2H3;4*4-8,11H,3H2,1-2H3;5H2,1-4H3/t15?,16?,17?,18?,19?,20?,21?,23-,24+;;;;;;;/m0......./s1. The van der Waals surface area contributed by atoms with Gasteiger partial charge < -0.3 is 44.5 Å². The molecule has 0 saturated heterocycles. The Balaban J connectivity index is 0.000000269. The van der Waals surface area contributed by atoms with Gasteiger partial charge in [0.05, 0.1) is 35.9 Å². The topological polar surface area (TPSA) is 206 Å². The van der Waals surface area contributed by atoms with E-state index in [4.69, 9.17) is 34.6 Å². The van der Waals surface area contributed by atoms with Crippen molar-refractivity contribution < 1.29 is 63.7 Å². The average molecular weight is 1500 g/mol. The van der Waals surface area contributed by atoms with Crippen LogP contribution in [0.4, 0.5) is 0 Å². The van der Waals surface area contributed by atoms with E-state index in [2.05, 4.69) is 80.9 Å². The van der Waals surface area contributed by atoms with Crippen LogP contribution in [0, 0.1) is 69.0 Å². The Bertz CT molecular complexity index is 3060. The van der Waals surface area contributed by atoms with Crippen LogP contribution in [0.2, 0.25) is 0 Å². The highest BCUT2D eigenvalue weighted by Crippen LogP contribution is 2.66. The lowest BCUT2D eigenvalue weighted by Crippen LogP contribution is -2.57. The molecule has 0 amide bonds. The van der Waals surface area contributed by atoms with Crippen LogP contribution in [0.1, 0.15) is 351 Å². The SMILES string of the molecule is CCC(C)(C)C(=O)OC.CCC(C)(C)C(=O)OC1C2CCC1CC2.CCC(C)C(=O)OC1CCCCC1.CCC(C)C(=O)OC1CC[C@@]2(C)C(CCC3C4CCC[C@@]4(C)C(O)CC32)C1.CCC(C)c1ccc(O)cc1.CCC(C)c1ccc(O)cc1.CCC(C)c1ccc(O)cc1.CCC(C)c1cccc(O)c1. The molecular formula is C95H152O13. The smallest absolute Gasteiger partial charge is 0.311 e. The van der Waals surface area contributed by atoms with Gasteiger partial charge in [-0.25, -0.2) is 0 Å². The summed E-state index contributed by atoms with van der Waals surface area (Å²) in [7, 11) is 1.42. The Hall–Kier alpha value is -6.08. The summed E-state index contributed by atoms with van der Waals surface area (Å²) < 4.78 is 21.6. The minimum Gasteiger partial charge on any atom is -0.508 e. The first-order chi connectivity index (χ1) is 51.1. The molecule has 0 radical (unpaired) electrons. The second-order valence-electron chi connectivity index (χ2n) is 35.1. The van der Waals surface area contributed by atoms with Crippen molar-refractivity contribution in [3.05, 3.63) is 119 Å². The zero-order valence-corrected chi connectivity index (χ0v) is 71.4. The van der Waals surface area contributed by atoms with Gasteiger partial charge in [-0.15, -0.1) is 0 Å². The molecular weight excluding hydrogens is 1350 g/mol. The minimum absolute atomic E-state index is 0.00500. The molecule has 4 aromatic rings. The molecule has 5 N–H and O–H groups in total. The molecule has 2 bridgehead atoms. The zero-order chi connectivity index (χ0) is 80.7. The summed E-state index contributed by atoms with van der Waals surface area (Å²) in [5.41, 5.74) is 4.99. The first kappa shape index (κ1) is 94.3. The van der Waals surface area contributed by atoms with E-state index < -0.39 is 0 Å². The number of benzene rings is 4. The number of esters is 4. The summed E-state index contributed by atoms with van der Waals surface area (Å²) in [4.78, 5) is 46.5. The van der Waals surface area contributed by atoms with Gasteiger partial charge >= 0.3 is 23.9 Å². The Morgan fingerprint density at radius 3 is 1.26 bits per heavy atom. The maximum Gasteiger partial charge on any atom is 0.311 e. The van der Waals surface area contributed by atoms with Gasteiger partial charge in [-0.05, 0) is 323 Å². The number of hydrogen-bond acceptors (Lipinski definition) is 13. The Labute approximate surface area is 656 Å². The fourth-order valence-electron chi connectivity index (χ4n) is 16.8. The van der Waals surface area contributed by atoms with Crippen LogP contribution in [0.25, 0.3) is 0 Å². The molecule has 108 heavy (non-hydrogen) atoms. The molecule has 12 unspecified atom stereocenters. The summed E-state index contributed by atoms with van der Waals surface area (Å²) in [5.74, 6) is 7.86. The van der Waals surface area contributed by atoms with Crippen molar-refractivity contribution in [3.63, 3.8) is 0 Å². The van der Waals surface area contributed by atoms with Crippen molar-refractivity contribution in [2.24, 2.45) is 69.0 Å². The van der Waals surface area contributed by atoms with Gasteiger partial charge in [-0.1, -0.05) is 172 Å². The molecule has 7 aliphatic carbocycles. The van der Waals surface area contributed by atoms with E-state index in [9.17, 15) is 24.3 Å². The molecule has 7 aliphatic rings. The van der Waals surface area contributed by atoms with E-state index >= 15 is 0 Å². The Morgan fingerprint density at radius 2 is 0.861 bits per heavy atom. The maximum atomic E-state index is 12.3. The molecule has 4 aromatic carbocycles. The molecule has 14 atom stereocenters. The lowest BCUT2D eigenvalue weighted by atomic mass is 9.44. The number of carbonyl (C=O) groups is 4. The van der Waals surface area contributed by atoms with E-state index in [-0.39, 0.29) is 76.4 Å². The summed E-state index contributed by atoms with van der Waals surface area (Å²) in [6, 6.07) is 29.7. The largest absolute Gasteiger partial charge is 0.508 e. The number of carbonyl (C=O) groups excluding carboxylic acids is 4. The maximum absolute atomic E-state index is 12.3. The molecule has 0 heterocycles. The van der Waals surface area contributed by atoms with E-state index in [0.717, 1.165) is 102 Å². The predicted octanol–water partition coefficient (Wildman–Crippen LogP) is 24.6. The number of phenolic OH excluding ortho intramolecular Hbond substituents is 4. The fourth-order valence-corrected chi connectivity index (χ4v) is 16.8. The molecule has 13 nitrogen and oxygen atoms in total. The van der Waals surface area contributed by atoms with Crippen LogP contribution in [0.15, 0.2) is 97.1 Å². The Kier molecular flexibility index (Phi) is 40.2. The number of aromatic hydroxyl groups is 4. The van der Waals surface area contributed by atoms with Crippen LogP contribution in [-0.2, 0) is 38.1 Å². The predicted molar refractivity (Wildman–Crippen MR) is 442 cm³/mol.